The normalized spacial score (nSPS) is 17.4. The Labute approximate surface area is 119 Å². The van der Waals surface area contributed by atoms with Gasteiger partial charge in [-0.05, 0) is 56.1 Å². The lowest BCUT2D eigenvalue weighted by molar-refractivity contribution is -0.105. The third kappa shape index (κ3) is 2.56. The first-order valence-electron chi connectivity index (χ1n) is 7.35. The number of likely N-dealkylation sites (tertiary alicyclic amines) is 1. The standard InChI is InChI=1S/C16H21N3O/c1-2-19-7-5-12(6-8-19)15-9-13-3-4-14(17-11-20)10-16(13)18-15/h3-4,9-12,18H,2,5-8H2,1H3,(H,17,20). The number of nitrogens with zero attached hydrogens (tertiary/aromatic N) is 1. The Morgan fingerprint density at radius 1 is 1.35 bits per heavy atom. The number of H-pyrrole nitrogens is 1. The van der Waals surface area contributed by atoms with Gasteiger partial charge in [-0.2, -0.15) is 0 Å². The summed E-state index contributed by atoms with van der Waals surface area (Å²) in [4.78, 5) is 16.5. The highest BCUT2D eigenvalue weighted by Gasteiger charge is 2.20. The summed E-state index contributed by atoms with van der Waals surface area (Å²) in [5, 5.41) is 3.91. The maximum absolute atomic E-state index is 10.5. The minimum Gasteiger partial charge on any atom is -0.358 e. The van der Waals surface area contributed by atoms with E-state index in [1.807, 2.05) is 12.1 Å². The summed E-state index contributed by atoms with van der Waals surface area (Å²) < 4.78 is 0. The van der Waals surface area contributed by atoms with Crippen LogP contribution in [0.2, 0.25) is 0 Å². The van der Waals surface area contributed by atoms with Crippen LogP contribution in [0, 0.1) is 0 Å². The second-order valence-electron chi connectivity index (χ2n) is 5.50. The molecule has 4 nitrogen and oxygen atoms in total. The largest absolute Gasteiger partial charge is 0.358 e. The van der Waals surface area contributed by atoms with E-state index in [4.69, 9.17) is 0 Å². The van der Waals surface area contributed by atoms with Gasteiger partial charge in [0.05, 0.1) is 0 Å². The Balaban J connectivity index is 1.80. The molecule has 0 spiro atoms. The predicted molar refractivity (Wildman–Crippen MR) is 82.1 cm³/mol. The maximum Gasteiger partial charge on any atom is 0.211 e. The minimum absolute atomic E-state index is 0.632. The molecule has 1 aromatic heterocycles. The van der Waals surface area contributed by atoms with E-state index in [-0.39, 0.29) is 0 Å². The van der Waals surface area contributed by atoms with Crippen molar-refractivity contribution in [1.82, 2.24) is 9.88 Å². The van der Waals surface area contributed by atoms with Crippen LogP contribution in [-0.2, 0) is 4.79 Å². The summed E-state index contributed by atoms with van der Waals surface area (Å²) in [5.74, 6) is 0.632. The zero-order valence-corrected chi connectivity index (χ0v) is 11.9. The molecule has 0 unspecified atom stereocenters. The molecule has 2 heterocycles. The molecule has 0 bridgehead atoms. The summed E-state index contributed by atoms with van der Waals surface area (Å²) in [6, 6.07) is 8.25. The van der Waals surface area contributed by atoms with Gasteiger partial charge in [-0.1, -0.05) is 13.0 Å². The Morgan fingerprint density at radius 2 is 2.15 bits per heavy atom. The number of benzene rings is 1. The molecule has 0 aliphatic carbocycles. The van der Waals surface area contributed by atoms with Crippen molar-refractivity contribution in [3.63, 3.8) is 0 Å². The number of amides is 1. The number of aromatic nitrogens is 1. The van der Waals surface area contributed by atoms with E-state index in [1.165, 1.54) is 37.0 Å². The molecular formula is C16H21N3O. The van der Waals surface area contributed by atoms with Gasteiger partial charge in [0.15, 0.2) is 0 Å². The molecule has 3 rings (SSSR count). The first-order chi connectivity index (χ1) is 9.80. The van der Waals surface area contributed by atoms with Gasteiger partial charge in [-0.25, -0.2) is 0 Å². The number of piperidine rings is 1. The fraction of sp³-hybridized carbons (Fsp3) is 0.438. The van der Waals surface area contributed by atoms with Crippen molar-refractivity contribution in [3.05, 3.63) is 30.0 Å². The summed E-state index contributed by atoms with van der Waals surface area (Å²) in [5.41, 5.74) is 3.27. The van der Waals surface area contributed by atoms with E-state index in [1.54, 1.807) is 0 Å². The predicted octanol–water partition coefficient (Wildman–Crippen LogP) is 2.94. The lowest BCUT2D eigenvalue weighted by Gasteiger charge is -2.30. The van der Waals surface area contributed by atoms with E-state index in [0.717, 1.165) is 17.7 Å². The number of fused-ring (bicyclic) bond motifs is 1. The molecule has 0 radical (unpaired) electrons. The van der Waals surface area contributed by atoms with E-state index in [9.17, 15) is 4.79 Å². The smallest absolute Gasteiger partial charge is 0.211 e. The number of nitrogens with one attached hydrogen (secondary N) is 2. The minimum atomic E-state index is 0.632. The van der Waals surface area contributed by atoms with Crippen LogP contribution in [-0.4, -0.2) is 35.9 Å². The molecule has 1 saturated heterocycles. The zero-order valence-electron chi connectivity index (χ0n) is 11.9. The lowest BCUT2D eigenvalue weighted by Crippen LogP contribution is -2.32. The van der Waals surface area contributed by atoms with Crippen molar-refractivity contribution in [2.24, 2.45) is 0 Å². The third-order valence-electron chi connectivity index (χ3n) is 4.34. The molecule has 1 aliphatic rings. The van der Waals surface area contributed by atoms with Gasteiger partial charge in [-0.15, -0.1) is 0 Å². The average molecular weight is 271 g/mol. The monoisotopic (exact) mass is 271 g/mol. The first kappa shape index (κ1) is 13.2. The van der Waals surface area contributed by atoms with Crippen LogP contribution in [0.3, 0.4) is 0 Å². The number of anilines is 1. The van der Waals surface area contributed by atoms with Crippen LogP contribution in [0.25, 0.3) is 10.9 Å². The number of hydrogen-bond acceptors (Lipinski definition) is 2. The number of rotatable bonds is 4. The SMILES string of the molecule is CCN1CCC(c2cc3ccc(NC=O)cc3[nH]2)CC1. The van der Waals surface area contributed by atoms with Crippen LogP contribution >= 0.6 is 0 Å². The van der Waals surface area contributed by atoms with Gasteiger partial charge in [-0.3, -0.25) is 4.79 Å². The van der Waals surface area contributed by atoms with E-state index in [0.29, 0.717) is 12.3 Å². The summed E-state index contributed by atoms with van der Waals surface area (Å²) >= 11 is 0. The van der Waals surface area contributed by atoms with Crippen LogP contribution in [0.1, 0.15) is 31.4 Å². The highest BCUT2D eigenvalue weighted by molar-refractivity contribution is 5.86. The highest BCUT2D eigenvalue weighted by Crippen LogP contribution is 2.30. The van der Waals surface area contributed by atoms with Gasteiger partial charge in [0.2, 0.25) is 6.41 Å². The van der Waals surface area contributed by atoms with Gasteiger partial charge in [0.1, 0.15) is 0 Å². The second-order valence-corrected chi connectivity index (χ2v) is 5.50. The van der Waals surface area contributed by atoms with Crippen LogP contribution in [0.4, 0.5) is 5.69 Å². The van der Waals surface area contributed by atoms with Gasteiger partial charge in [0.25, 0.3) is 0 Å². The second kappa shape index (κ2) is 5.67. The van der Waals surface area contributed by atoms with Gasteiger partial charge >= 0.3 is 0 Å². The topological polar surface area (TPSA) is 48.1 Å². The fourth-order valence-electron chi connectivity index (χ4n) is 3.09. The highest BCUT2D eigenvalue weighted by atomic mass is 16.1. The fourth-order valence-corrected chi connectivity index (χ4v) is 3.09. The number of carbonyl (C=O) groups excluding carboxylic acids is 1. The Bertz CT molecular complexity index is 597. The van der Waals surface area contributed by atoms with Crippen molar-refractivity contribution in [3.8, 4) is 0 Å². The first-order valence-corrected chi connectivity index (χ1v) is 7.35. The molecular weight excluding hydrogens is 250 g/mol. The molecule has 4 heteroatoms. The lowest BCUT2D eigenvalue weighted by atomic mass is 9.93. The molecule has 1 amide bonds. The van der Waals surface area contributed by atoms with Gasteiger partial charge in [0, 0.05) is 22.8 Å². The molecule has 2 aromatic rings. The molecule has 20 heavy (non-hydrogen) atoms. The van der Waals surface area contributed by atoms with E-state index in [2.05, 4.69) is 34.3 Å². The number of carbonyl (C=O) groups is 1. The van der Waals surface area contributed by atoms with Crippen LogP contribution in [0.15, 0.2) is 24.3 Å². The maximum atomic E-state index is 10.5. The Kier molecular flexibility index (Phi) is 3.74. The average Bonchev–Trinajstić information content (AvgIpc) is 2.91. The Hall–Kier alpha value is -1.81. The van der Waals surface area contributed by atoms with E-state index < -0.39 is 0 Å². The third-order valence-corrected chi connectivity index (χ3v) is 4.34. The molecule has 0 saturated carbocycles. The van der Waals surface area contributed by atoms with Crippen LogP contribution < -0.4 is 5.32 Å². The van der Waals surface area contributed by atoms with Crippen molar-refractivity contribution in [2.45, 2.75) is 25.7 Å². The molecule has 106 valence electrons. The van der Waals surface area contributed by atoms with Gasteiger partial charge < -0.3 is 15.2 Å². The van der Waals surface area contributed by atoms with Crippen molar-refractivity contribution in [1.29, 1.82) is 0 Å². The number of aromatic amines is 1. The molecule has 1 aliphatic heterocycles. The van der Waals surface area contributed by atoms with Crippen molar-refractivity contribution in [2.75, 3.05) is 25.0 Å². The summed E-state index contributed by atoms with van der Waals surface area (Å²) in [6.07, 6.45) is 3.16. The molecule has 1 aromatic carbocycles. The summed E-state index contributed by atoms with van der Waals surface area (Å²) in [6.45, 7) is 5.76. The zero-order chi connectivity index (χ0) is 13.9. The van der Waals surface area contributed by atoms with Crippen molar-refractivity contribution < 1.29 is 4.79 Å². The molecule has 0 atom stereocenters. The van der Waals surface area contributed by atoms with Crippen molar-refractivity contribution >= 4 is 23.0 Å². The van der Waals surface area contributed by atoms with E-state index >= 15 is 0 Å². The van der Waals surface area contributed by atoms with Crippen LogP contribution in [0.5, 0.6) is 0 Å². The molecule has 1 fully saturated rings. The molecule has 2 N–H and O–H groups in total. The number of hydrogen-bond donors (Lipinski definition) is 2. The summed E-state index contributed by atoms with van der Waals surface area (Å²) in [7, 11) is 0. The quantitative estimate of drug-likeness (QED) is 0.840. The Morgan fingerprint density at radius 3 is 2.85 bits per heavy atom.